The van der Waals surface area contributed by atoms with Crippen LogP contribution in [0, 0.1) is 13.8 Å². The molecule has 140 valence electrons. The lowest BCUT2D eigenvalue weighted by molar-refractivity contribution is 0.0525. The molecule has 0 aliphatic carbocycles. The van der Waals surface area contributed by atoms with Gasteiger partial charge < -0.3 is 15.0 Å². The van der Waals surface area contributed by atoms with E-state index < -0.39 is 5.97 Å². The number of Topliss-reactive ketones (excluding diaryl/α,β-unsaturated/α-hetero) is 1. The summed E-state index contributed by atoms with van der Waals surface area (Å²) < 4.78 is 5.77. The molecule has 0 bridgehead atoms. The summed E-state index contributed by atoms with van der Waals surface area (Å²) in [6, 6.07) is 0. The summed E-state index contributed by atoms with van der Waals surface area (Å²) >= 11 is 2.72. The van der Waals surface area contributed by atoms with Crippen molar-refractivity contribution in [2.75, 3.05) is 18.5 Å². The van der Waals surface area contributed by atoms with Gasteiger partial charge in [0, 0.05) is 12.2 Å². The topological polar surface area (TPSA) is 97.0 Å². The standard InChI is InChI=1S/C17H22N4O3S2/c1-6-8-18-16-20-21-17(26-16)25-11(5)14(22)13-9(3)12(10(4)19-13)15(23)24-7-2/h6,11,19H,1,7-8H2,2-5H3,(H,18,20)/t11-/m1/s1. The lowest BCUT2D eigenvalue weighted by atomic mass is 10.1. The second-order valence-electron chi connectivity index (χ2n) is 5.51. The molecule has 2 aromatic rings. The van der Waals surface area contributed by atoms with Crippen molar-refractivity contribution < 1.29 is 14.3 Å². The number of hydrogen-bond donors (Lipinski definition) is 2. The van der Waals surface area contributed by atoms with Crippen LogP contribution < -0.4 is 5.32 Å². The van der Waals surface area contributed by atoms with E-state index >= 15 is 0 Å². The lowest BCUT2D eigenvalue weighted by Crippen LogP contribution is -2.15. The van der Waals surface area contributed by atoms with Gasteiger partial charge in [-0.05, 0) is 33.3 Å². The number of rotatable bonds is 9. The molecule has 0 saturated heterocycles. The Morgan fingerprint density at radius 3 is 2.81 bits per heavy atom. The minimum absolute atomic E-state index is 0.0954. The Morgan fingerprint density at radius 2 is 2.15 bits per heavy atom. The second kappa shape index (κ2) is 9.00. The molecule has 2 heterocycles. The summed E-state index contributed by atoms with van der Waals surface area (Å²) in [5, 5.41) is 11.5. The van der Waals surface area contributed by atoms with Gasteiger partial charge in [0.15, 0.2) is 10.1 Å². The number of nitrogens with one attached hydrogen (secondary N) is 2. The fourth-order valence-electron chi connectivity index (χ4n) is 2.40. The van der Waals surface area contributed by atoms with E-state index in [0.29, 0.717) is 38.5 Å². The highest BCUT2D eigenvalue weighted by Gasteiger charge is 2.26. The summed E-state index contributed by atoms with van der Waals surface area (Å²) in [6.07, 6.45) is 1.73. The number of carbonyl (C=O) groups excluding carboxylic acids is 2. The van der Waals surface area contributed by atoms with E-state index in [9.17, 15) is 9.59 Å². The number of H-pyrrole nitrogens is 1. The molecule has 1 atom stereocenters. The van der Waals surface area contributed by atoms with Gasteiger partial charge in [-0.3, -0.25) is 4.79 Å². The summed E-state index contributed by atoms with van der Waals surface area (Å²) in [4.78, 5) is 27.9. The van der Waals surface area contributed by atoms with Gasteiger partial charge in [-0.2, -0.15) is 0 Å². The Bertz CT molecular complexity index is 813. The first-order chi connectivity index (χ1) is 12.4. The van der Waals surface area contributed by atoms with Crippen LogP contribution in [0.3, 0.4) is 0 Å². The summed E-state index contributed by atoms with van der Waals surface area (Å²) in [7, 11) is 0. The third-order valence-electron chi connectivity index (χ3n) is 3.61. The average molecular weight is 395 g/mol. The number of aryl methyl sites for hydroxylation is 1. The van der Waals surface area contributed by atoms with E-state index in [0.717, 1.165) is 0 Å². The highest BCUT2D eigenvalue weighted by molar-refractivity contribution is 8.02. The first-order valence-corrected chi connectivity index (χ1v) is 9.84. The van der Waals surface area contributed by atoms with Crippen molar-refractivity contribution in [1.29, 1.82) is 0 Å². The van der Waals surface area contributed by atoms with Crippen molar-refractivity contribution in [1.82, 2.24) is 15.2 Å². The maximum absolute atomic E-state index is 12.8. The molecule has 0 aliphatic rings. The number of esters is 1. The first kappa shape index (κ1) is 20.2. The summed E-state index contributed by atoms with van der Waals surface area (Å²) in [6.45, 7) is 11.6. The van der Waals surface area contributed by atoms with Crippen LogP contribution in [0.5, 0.6) is 0 Å². The van der Waals surface area contributed by atoms with Gasteiger partial charge in [-0.1, -0.05) is 29.2 Å². The highest BCUT2D eigenvalue weighted by atomic mass is 32.2. The molecule has 0 amide bonds. The smallest absolute Gasteiger partial charge is 0.340 e. The van der Waals surface area contributed by atoms with Gasteiger partial charge in [0.25, 0.3) is 0 Å². The molecule has 26 heavy (non-hydrogen) atoms. The molecule has 0 aromatic carbocycles. The average Bonchev–Trinajstić information content (AvgIpc) is 3.16. The molecule has 0 unspecified atom stereocenters. The maximum atomic E-state index is 12.8. The van der Waals surface area contributed by atoms with E-state index in [1.165, 1.54) is 23.1 Å². The third-order valence-corrected chi connectivity index (χ3v) is 5.68. The van der Waals surface area contributed by atoms with E-state index in [-0.39, 0.29) is 17.6 Å². The Labute approximate surface area is 160 Å². The van der Waals surface area contributed by atoms with E-state index in [2.05, 4.69) is 27.1 Å². The minimum atomic E-state index is -0.417. The van der Waals surface area contributed by atoms with Crippen molar-refractivity contribution in [3.8, 4) is 0 Å². The van der Waals surface area contributed by atoms with Crippen LogP contribution in [-0.4, -0.2) is 45.3 Å². The lowest BCUT2D eigenvalue weighted by Gasteiger charge is -2.07. The molecule has 0 fully saturated rings. The van der Waals surface area contributed by atoms with Crippen LogP contribution in [0.4, 0.5) is 5.13 Å². The number of aromatic nitrogens is 3. The van der Waals surface area contributed by atoms with Crippen LogP contribution in [-0.2, 0) is 4.74 Å². The highest BCUT2D eigenvalue weighted by Crippen LogP contribution is 2.31. The van der Waals surface area contributed by atoms with Gasteiger partial charge in [-0.25, -0.2) is 4.79 Å². The number of thioether (sulfide) groups is 1. The van der Waals surface area contributed by atoms with Crippen molar-refractivity contribution in [2.24, 2.45) is 0 Å². The Hall–Kier alpha value is -2.13. The van der Waals surface area contributed by atoms with Crippen molar-refractivity contribution in [2.45, 2.75) is 37.3 Å². The monoisotopic (exact) mass is 394 g/mol. The Balaban J connectivity index is 2.13. The molecule has 2 rings (SSSR count). The molecule has 2 N–H and O–H groups in total. The van der Waals surface area contributed by atoms with E-state index in [1.54, 1.807) is 26.8 Å². The number of hydrogen-bond acceptors (Lipinski definition) is 8. The summed E-state index contributed by atoms with van der Waals surface area (Å²) in [5.74, 6) is -0.512. The predicted molar refractivity (Wildman–Crippen MR) is 104 cm³/mol. The largest absolute Gasteiger partial charge is 0.462 e. The SMILES string of the molecule is C=CCNc1nnc(S[C@H](C)C(=O)c2[nH]c(C)c(C(=O)OCC)c2C)s1. The van der Waals surface area contributed by atoms with Crippen LogP contribution in [0.15, 0.2) is 17.0 Å². The minimum Gasteiger partial charge on any atom is -0.462 e. The zero-order valence-corrected chi connectivity index (χ0v) is 16.8. The maximum Gasteiger partial charge on any atom is 0.340 e. The molecule has 2 aromatic heterocycles. The molecular formula is C17H22N4O3S2. The zero-order chi connectivity index (χ0) is 19.3. The molecule has 0 radical (unpaired) electrons. The van der Waals surface area contributed by atoms with Crippen LogP contribution in [0.2, 0.25) is 0 Å². The number of ketones is 1. The van der Waals surface area contributed by atoms with Crippen LogP contribution >= 0.6 is 23.1 Å². The summed E-state index contributed by atoms with van der Waals surface area (Å²) in [5.41, 5.74) is 2.11. The van der Waals surface area contributed by atoms with Gasteiger partial charge in [-0.15, -0.1) is 16.8 Å². The van der Waals surface area contributed by atoms with Crippen LogP contribution in [0.25, 0.3) is 0 Å². The number of ether oxygens (including phenoxy) is 1. The number of carbonyl (C=O) groups is 2. The zero-order valence-electron chi connectivity index (χ0n) is 15.2. The molecule has 9 heteroatoms. The second-order valence-corrected chi connectivity index (χ2v) is 8.08. The molecular weight excluding hydrogens is 372 g/mol. The normalized spacial score (nSPS) is 11.8. The number of nitrogens with zero attached hydrogens (tertiary/aromatic N) is 2. The Morgan fingerprint density at radius 1 is 1.42 bits per heavy atom. The van der Waals surface area contributed by atoms with Gasteiger partial charge in [0.1, 0.15) is 0 Å². The van der Waals surface area contributed by atoms with Gasteiger partial charge >= 0.3 is 5.97 Å². The first-order valence-electron chi connectivity index (χ1n) is 8.14. The quantitative estimate of drug-likeness (QED) is 0.290. The third kappa shape index (κ3) is 4.53. The van der Waals surface area contributed by atoms with E-state index in [1.807, 2.05) is 6.92 Å². The van der Waals surface area contributed by atoms with Crippen molar-refractivity contribution in [3.63, 3.8) is 0 Å². The van der Waals surface area contributed by atoms with Crippen molar-refractivity contribution in [3.05, 3.63) is 35.2 Å². The predicted octanol–water partition coefficient (Wildman–Crippen LogP) is 3.62. The van der Waals surface area contributed by atoms with Crippen LogP contribution in [0.1, 0.15) is 46.0 Å². The molecule has 7 nitrogen and oxygen atoms in total. The fourth-order valence-corrected chi connectivity index (χ4v) is 4.36. The molecule has 0 spiro atoms. The fraction of sp³-hybridized carbons (Fsp3) is 0.412. The molecule has 0 saturated carbocycles. The number of anilines is 1. The molecule has 0 aliphatic heterocycles. The van der Waals surface area contributed by atoms with Gasteiger partial charge in [0.2, 0.25) is 5.13 Å². The van der Waals surface area contributed by atoms with Gasteiger partial charge in [0.05, 0.1) is 23.1 Å². The Kier molecular flexibility index (Phi) is 6.98. The van der Waals surface area contributed by atoms with Crippen molar-refractivity contribution >= 4 is 40.0 Å². The van der Waals surface area contributed by atoms with E-state index in [4.69, 9.17) is 4.74 Å². The number of aromatic amines is 1.